The second-order valence-corrected chi connectivity index (χ2v) is 11.0. The van der Waals surface area contributed by atoms with E-state index in [4.69, 9.17) is 0 Å². The van der Waals surface area contributed by atoms with Crippen LogP contribution in [0.2, 0.25) is 0 Å². The number of hydrogen-bond acceptors (Lipinski definition) is 5. The minimum absolute atomic E-state index is 0.0798. The molecule has 1 saturated carbocycles. The van der Waals surface area contributed by atoms with Crippen molar-refractivity contribution in [1.29, 1.82) is 0 Å². The number of carbonyl (C=O) groups is 1. The van der Waals surface area contributed by atoms with Crippen LogP contribution < -0.4 is 4.90 Å². The van der Waals surface area contributed by atoms with Crippen LogP contribution in [0.1, 0.15) is 62.8 Å². The Morgan fingerprint density at radius 3 is 2.41 bits per heavy atom. The van der Waals surface area contributed by atoms with Gasteiger partial charge in [0.1, 0.15) is 17.1 Å². The predicted octanol–water partition coefficient (Wildman–Crippen LogP) is 5.03. The number of rotatable bonds is 5. The molecule has 0 aromatic carbocycles. The lowest BCUT2D eigenvalue weighted by Gasteiger charge is -2.36. The topological polar surface area (TPSA) is 69.6 Å². The zero-order chi connectivity index (χ0) is 26.0. The summed E-state index contributed by atoms with van der Waals surface area (Å²) in [4.78, 5) is 25.2. The first-order valence-corrected chi connectivity index (χ1v) is 13.4. The van der Waals surface area contributed by atoms with Crippen molar-refractivity contribution in [3.8, 4) is 0 Å². The summed E-state index contributed by atoms with van der Waals surface area (Å²) in [6.45, 7) is 2.63. The maximum Gasteiger partial charge on any atom is 0.433 e. The minimum Gasteiger partial charge on any atom is -0.384 e. The Balaban J connectivity index is 1.07. The Bertz CT molecular complexity index is 1060. The first kappa shape index (κ1) is 25.9. The number of piperidine rings is 1. The largest absolute Gasteiger partial charge is 0.433 e. The Labute approximate surface area is 215 Å². The monoisotopic (exact) mass is 516 g/mol. The van der Waals surface area contributed by atoms with Crippen LogP contribution in [-0.2, 0) is 16.6 Å². The molecule has 200 valence electrons. The number of aromatic nitrogens is 2. The average Bonchev–Trinajstić information content (AvgIpc) is 3.38. The first-order valence-electron chi connectivity index (χ1n) is 13.4. The molecule has 1 amide bonds. The lowest BCUT2D eigenvalue weighted by atomic mass is 9.74. The van der Waals surface area contributed by atoms with Crippen LogP contribution in [0.25, 0.3) is 0 Å². The van der Waals surface area contributed by atoms with Gasteiger partial charge in [-0.1, -0.05) is 12.1 Å². The van der Waals surface area contributed by atoms with Crippen molar-refractivity contribution in [2.24, 2.45) is 17.8 Å². The molecule has 0 spiro atoms. The molecule has 3 aliphatic rings. The maximum absolute atomic E-state index is 13.2. The van der Waals surface area contributed by atoms with Crippen molar-refractivity contribution in [2.75, 3.05) is 31.1 Å². The third-order valence-electron chi connectivity index (χ3n) is 8.53. The molecule has 2 aromatic rings. The van der Waals surface area contributed by atoms with Crippen molar-refractivity contribution in [1.82, 2.24) is 14.9 Å². The molecule has 5 rings (SSSR count). The molecule has 1 atom stereocenters. The van der Waals surface area contributed by atoms with Gasteiger partial charge in [-0.15, -0.1) is 0 Å². The highest BCUT2D eigenvalue weighted by Crippen LogP contribution is 2.41. The lowest BCUT2D eigenvalue weighted by molar-refractivity contribution is -0.141. The number of carbonyl (C=O) groups excluding carboxylic acids is 1. The van der Waals surface area contributed by atoms with E-state index in [0.717, 1.165) is 63.4 Å². The van der Waals surface area contributed by atoms with E-state index >= 15 is 0 Å². The van der Waals surface area contributed by atoms with Crippen LogP contribution in [0.5, 0.6) is 0 Å². The summed E-state index contributed by atoms with van der Waals surface area (Å²) in [6, 6.07) is 9.66. The van der Waals surface area contributed by atoms with Crippen LogP contribution in [0.4, 0.5) is 19.0 Å². The summed E-state index contributed by atoms with van der Waals surface area (Å²) < 4.78 is 39.0. The van der Waals surface area contributed by atoms with Gasteiger partial charge in [0.15, 0.2) is 0 Å². The van der Waals surface area contributed by atoms with Crippen molar-refractivity contribution in [3.63, 3.8) is 0 Å². The number of pyridine rings is 2. The highest BCUT2D eigenvalue weighted by molar-refractivity contribution is 5.79. The van der Waals surface area contributed by atoms with Gasteiger partial charge in [0.2, 0.25) is 5.91 Å². The molecule has 37 heavy (non-hydrogen) atoms. The van der Waals surface area contributed by atoms with E-state index in [1.54, 1.807) is 12.3 Å². The van der Waals surface area contributed by atoms with Gasteiger partial charge in [-0.2, -0.15) is 13.2 Å². The minimum atomic E-state index is -4.46. The Morgan fingerprint density at radius 2 is 1.73 bits per heavy atom. The number of aliphatic hydroxyl groups is 1. The molecule has 6 nitrogen and oxygen atoms in total. The number of alkyl halides is 3. The quantitative estimate of drug-likeness (QED) is 0.604. The predicted molar refractivity (Wildman–Crippen MR) is 134 cm³/mol. The second kappa shape index (κ2) is 10.6. The third kappa shape index (κ3) is 5.92. The summed E-state index contributed by atoms with van der Waals surface area (Å²) in [5.41, 5.74) is -0.944. The number of halogens is 3. The van der Waals surface area contributed by atoms with Crippen molar-refractivity contribution in [3.05, 3.63) is 54.0 Å². The van der Waals surface area contributed by atoms with Crippen LogP contribution in [0.15, 0.2) is 42.6 Å². The molecular weight excluding hydrogens is 481 g/mol. The smallest absolute Gasteiger partial charge is 0.384 e. The molecule has 2 aromatic heterocycles. The van der Waals surface area contributed by atoms with E-state index in [0.29, 0.717) is 43.6 Å². The highest BCUT2D eigenvalue weighted by Gasteiger charge is 2.39. The van der Waals surface area contributed by atoms with Gasteiger partial charge in [-0.05, 0) is 87.5 Å². The van der Waals surface area contributed by atoms with Gasteiger partial charge in [-0.25, -0.2) is 4.98 Å². The van der Waals surface area contributed by atoms with Crippen LogP contribution in [0, 0.1) is 17.8 Å². The van der Waals surface area contributed by atoms with E-state index < -0.39 is 17.5 Å². The maximum atomic E-state index is 13.2. The van der Waals surface area contributed by atoms with Crippen LogP contribution in [0.3, 0.4) is 0 Å². The molecule has 0 bridgehead atoms. The van der Waals surface area contributed by atoms with Gasteiger partial charge in [0.25, 0.3) is 0 Å². The fourth-order valence-electron chi connectivity index (χ4n) is 6.35. The Hall–Kier alpha value is -2.68. The van der Waals surface area contributed by atoms with E-state index in [1.807, 2.05) is 28.0 Å². The second-order valence-electron chi connectivity index (χ2n) is 11.0. The molecule has 4 heterocycles. The number of nitrogens with zero attached hydrogens (tertiary/aromatic N) is 4. The summed E-state index contributed by atoms with van der Waals surface area (Å²) in [7, 11) is 0. The van der Waals surface area contributed by atoms with Crippen molar-refractivity contribution in [2.45, 2.75) is 63.1 Å². The van der Waals surface area contributed by atoms with E-state index in [-0.39, 0.29) is 11.8 Å². The van der Waals surface area contributed by atoms with E-state index in [2.05, 4.69) is 9.97 Å². The van der Waals surface area contributed by atoms with Gasteiger partial charge < -0.3 is 14.9 Å². The van der Waals surface area contributed by atoms with Gasteiger partial charge in [0.05, 0.1) is 5.69 Å². The molecule has 3 fully saturated rings. The highest BCUT2D eigenvalue weighted by atomic mass is 19.4. The Morgan fingerprint density at radius 1 is 0.973 bits per heavy atom. The number of anilines is 1. The van der Waals surface area contributed by atoms with Gasteiger partial charge in [0, 0.05) is 38.3 Å². The average molecular weight is 517 g/mol. The van der Waals surface area contributed by atoms with Crippen LogP contribution >= 0.6 is 0 Å². The summed E-state index contributed by atoms with van der Waals surface area (Å²) in [6.07, 6.45) is 4.02. The Kier molecular flexibility index (Phi) is 7.43. The number of amides is 1. The van der Waals surface area contributed by atoms with E-state index in [1.165, 1.54) is 6.07 Å². The zero-order valence-electron chi connectivity index (χ0n) is 21.0. The molecule has 9 heteroatoms. The van der Waals surface area contributed by atoms with Gasteiger partial charge >= 0.3 is 6.18 Å². The fraction of sp³-hybridized carbons (Fsp3) is 0.607. The number of likely N-dealkylation sites (tertiary alicyclic amines) is 1. The molecule has 1 N–H and O–H groups in total. The molecule has 1 aliphatic carbocycles. The lowest BCUT2D eigenvalue weighted by Crippen LogP contribution is -2.42. The molecule has 0 radical (unpaired) electrons. The summed E-state index contributed by atoms with van der Waals surface area (Å²) in [5, 5.41) is 11.0. The summed E-state index contributed by atoms with van der Waals surface area (Å²) in [5.74, 6) is 1.48. The molecule has 2 saturated heterocycles. The van der Waals surface area contributed by atoms with Crippen molar-refractivity contribution < 1.29 is 23.1 Å². The fourth-order valence-corrected chi connectivity index (χ4v) is 6.35. The first-order chi connectivity index (χ1) is 17.7. The van der Waals surface area contributed by atoms with E-state index in [9.17, 15) is 23.1 Å². The standard InChI is InChI=1S/C28H35F3N4O2/c29-28(30,31)24-5-3-6-25(33-24)34-16-10-22(11-17-34)26(36)35-15-9-21(19-35)18-20-7-12-27(37,13-8-20)23-4-1-2-14-32-23/h1-6,14,20-22,37H,7-13,15-19H2/t20?,21-,27?/m1/s1. The SMILES string of the molecule is O=C(C1CCN(c2cccc(C(F)(F)F)n2)CC1)N1CC[C@H](CC2CCC(O)(c3ccccn3)CC2)C1. The zero-order valence-corrected chi connectivity index (χ0v) is 21.0. The third-order valence-corrected chi connectivity index (χ3v) is 8.53. The van der Waals surface area contributed by atoms with Crippen molar-refractivity contribution >= 4 is 11.7 Å². The molecule has 0 unspecified atom stereocenters. The molecule has 2 aliphatic heterocycles. The molecular formula is C28H35F3N4O2. The summed E-state index contributed by atoms with van der Waals surface area (Å²) >= 11 is 0. The van der Waals surface area contributed by atoms with Gasteiger partial charge in [-0.3, -0.25) is 9.78 Å². The number of hydrogen-bond donors (Lipinski definition) is 1. The van der Waals surface area contributed by atoms with Crippen LogP contribution in [-0.4, -0.2) is 52.1 Å². The normalized spacial score (nSPS) is 27.5.